The molecule has 4 aromatic rings. The van der Waals surface area contributed by atoms with E-state index in [1.54, 1.807) is 0 Å². The van der Waals surface area contributed by atoms with Crippen LogP contribution in [-0.2, 0) is 22.3 Å². The van der Waals surface area contributed by atoms with Gasteiger partial charge in [0.1, 0.15) is 0 Å². The van der Waals surface area contributed by atoms with Gasteiger partial charge in [-0.05, 0) is 99.0 Å². The number of benzene rings is 2. The van der Waals surface area contributed by atoms with Crippen molar-refractivity contribution in [2.45, 2.75) is 205 Å². The average molecular weight is 827 g/mol. The lowest BCUT2D eigenvalue weighted by molar-refractivity contribution is 0.303. The molecule has 0 amide bonds. The Morgan fingerprint density at radius 1 is 0.475 bits per heavy atom. The van der Waals surface area contributed by atoms with E-state index in [1.807, 2.05) is 12.4 Å². The summed E-state index contributed by atoms with van der Waals surface area (Å²) in [6, 6.07) is 18.1. The topological polar surface area (TPSA) is 85.9 Å². The quantitative estimate of drug-likeness (QED) is 0.0576. The molecule has 0 unspecified atom stereocenters. The number of unbranched alkanes of at least 4 members (excludes halogenated alkanes) is 4. The Balaban J connectivity index is 0.983. The third kappa shape index (κ3) is 11.9. The number of ether oxygens (including phenoxy) is 3. The Labute approximate surface area is 367 Å². The van der Waals surface area contributed by atoms with E-state index >= 15 is 0 Å². The number of epoxide rings is 2. The van der Waals surface area contributed by atoms with Crippen LogP contribution in [0.2, 0.25) is 0 Å². The molecule has 8 rings (SSSR count). The van der Waals surface area contributed by atoms with Gasteiger partial charge in [-0.2, -0.15) is 0 Å². The van der Waals surface area contributed by atoms with Crippen LogP contribution in [0.25, 0.3) is 22.8 Å². The summed E-state index contributed by atoms with van der Waals surface area (Å²) in [7, 11) is 0. The van der Waals surface area contributed by atoms with Crippen molar-refractivity contribution in [1.82, 2.24) is 19.9 Å². The fourth-order valence-electron chi connectivity index (χ4n) is 10.6. The Bertz CT molecular complexity index is 1810. The second kappa shape index (κ2) is 21.6. The van der Waals surface area contributed by atoms with Crippen molar-refractivity contribution in [3.8, 4) is 34.3 Å². The molecule has 0 radical (unpaired) electrons. The minimum Gasteiger partial charge on any atom is -0.450 e. The maximum atomic E-state index is 6.78. The molecule has 2 saturated carbocycles. The largest absolute Gasteiger partial charge is 0.450 e. The molecule has 61 heavy (non-hydrogen) atoms. The molecule has 328 valence electrons. The SMILES string of the molecule is CCCCCC1CCC(c2ccc(-c3ncc(Oc4cnc(-c5ccc(C6CCC(CCCCC)CC6)cc5)nc4C[C@@H]4O[C@@H]4CCC)c(C[C@@H]4O[C@@H]4CCC)n3)cc2)CC1. The predicted octanol–water partition coefficient (Wildman–Crippen LogP) is 14.3. The van der Waals surface area contributed by atoms with E-state index < -0.39 is 0 Å². The second-order valence-corrected chi connectivity index (χ2v) is 19.2. The number of hydrogen-bond donors (Lipinski definition) is 0. The Morgan fingerprint density at radius 2 is 0.885 bits per heavy atom. The summed E-state index contributed by atoms with van der Waals surface area (Å²) in [4.78, 5) is 20.2. The normalized spacial score (nSPS) is 26.0. The summed E-state index contributed by atoms with van der Waals surface area (Å²) in [5.41, 5.74) is 6.71. The van der Waals surface area contributed by atoms with Crippen molar-refractivity contribution in [3.05, 3.63) is 83.4 Å². The van der Waals surface area contributed by atoms with Crippen LogP contribution in [0.1, 0.15) is 190 Å². The van der Waals surface area contributed by atoms with Gasteiger partial charge in [-0.15, -0.1) is 0 Å². The molecule has 0 spiro atoms. The highest BCUT2D eigenvalue weighted by molar-refractivity contribution is 5.58. The van der Waals surface area contributed by atoms with Gasteiger partial charge in [0.2, 0.25) is 0 Å². The molecule has 0 bridgehead atoms. The molecule has 2 aromatic carbocycles. The highest BCUT2D eigenvalue weighted by atomic mass is 16.6. The molecular formula is C54H74N4O3. The number of rotatable bonds is 22. The van der Waals surface area contributed by atoms with Crippen molar-refractivity contribution < 1.29 is 14.2 Å². The van der Waals surface area contributed by atoms with Crippen LogP contribution >= 0.6 is 0 Å². The summed E-state index contributed by atoms with van der Waals surface area (Å²) < 4.78 is 19.0. The van der Waals surface area contributed by atoms with Gasteiger partial charge in [0.15, 0.2) is 23.1 Å². The van der Waals surface area contributed by atoms with E-state index in [0.29, 0.717) is 36.2 Å². The maximum Gasteiger partial charge on any atom is 0.167 e. The zero-order valence-electron chi connectivity index (χ0n) is 38.0. The Morgan fingerprint density at radius 3 is 1.26 bits per heavy atom. The molecule has 7 heteroatoms. The van der Waals surface area contributed by atoms with Crippen molar-refractivity contribution in [1.29, 1.82) is 0 Å². The van der Waals surface area contributed by atoms with E-state index in [0.717, 1.165) is 71.7 Å². The highest BCUT2D eigenvalue weighted by Gasteiger charge is 2.40. The van der Waals surface area contributed by atoms with Gasteiger partial charge >= 0.3 is 0 Å². The lowest BCUT2D eigenvalue weighted by atomic mass is 9.77. The Kier molecular flexibility index (Phi) is 15.6. The average Bonchev–Trinajstić information content (AvgIpc) is 4.23. The lowest BCUT2D eigenvalue weighted by Gasteiger charge is -2.29. The summed E-state index contributed by atoms with van der Waals surface area (Å²) in [5.74, 6) is 5.88. The third-order valence-corrected chi connectivity index (χ3v) is 14.6. The molecule has 0 N–H and O–H groups in total. The molecule has 4 aliphatic rings. The van der Waals surface area contributed by atoms with Gasteiger partial charge in [-0.1, -0.05) is 140 Å². The standard InChI is InChI=1S/C54H74N4O3/c1-5-9-11-15-37-17-21-39(22-18-37)41-25-29-43(30-26-41)53-55-35-51(45(57-53)33-49-47(59-49)13-7-3)61-52-36-56-54(58-46(52)34-50-48(60-50)14-8-4)44-31-27-42(28-32-44)40-23-19-38(20-24-40)16-12-10-6-2/h25-32,35-40,47-50H,5-24,33-34H2,1-4H3/t37?,38?,39?,40?,47-,48-,49+,50+/m1/s1. The van der Waals surface area contributed by atoms with Crippen molar-refractivity contribution >= 4 is 0 Å². The van der Waals surface area contributed by atoms with Gasteiger partial charge < -0.3 is 14.2 Å². The summed E-state index contributed by atoms with van der Waals surface area (Å²) >= 11 is 0. The van der Waals surface area contributed by atoms with Gasteiger partial charge in [-0.25, -0.2) is 19.9 Å². The van der Waals surface area contributed by atoms with Crippen molar-refractivity contribution in [3.63, 3.8) is 0 Å². The van der Waals surface area contributed by atoms with E-state index in [9.17, 15) is 0 Å². The van der Waals surface area contributed by atoms with Crippen LogP contribution in [0, 0.1) is 11.8 Å². The second-order valence-electron chi connectivity index (χ2n) is 19.2. The first-order valence-corrected chi connectivity index (χ1v) is 24.9. The third-order valence-electron chi connectivity index (χ3n) is 14.6. The number of aromatic nitrogens is 4. The van der Waals surface area contributed by atoms with Crippen LogP contribution in [0.4, 0.5) is 0 Å². The van der Waals surface area contributed by atoms with Crippen LogP contribution in [0.5, 0.6) is 11.5 Å². The minimum atomic E-state index is 0.140. The van der Waals surface area contributed by atoms with Crippen molar-refractivity contribution in [2.24, 2.45) is 11.8 Å². The van der Waals surface area contributed by atoms with Gasteiger partial charge in [0.05, 0.1) is 48.2 Å². The fraction of sp³-hybridized carbons (Fsp3) is 0.630. The first kappa shape index (κ1) is 43.9. The molecular weight excluding hydrogens is 753 g/mol. The minimum absolute atomic E-state index is 0.140. The van der Waals surface area contributed by atoms with E-state index in [1.165, 1.54) is 114 Å². The molecule has 4 fully saturated rings. The maximum absolute atomic E-state index is 6.78. The molecule has 4 heterocycles. The molecule has 4 atom stereocenters. The first-order valence-electron chi connectivity index (χ1n) is 24.9. The summed E-state index contributed by atoms with van der Waals surface area (Å²) in [6.45, 7) is 9.04. The summed E-state index contributed by atoms with van der Waals surface area (Å²) in [5, 5.41) is 0. The van der Waals surface area contributed by atoms with Crippen LogP contribution in [-0.4, -0.2) is 44.4 Å². The smallest absolute Gasteiger partial charge is 0.167 e. The predicted molar refractivity (Wildman–Crippen MR) is 247 cm³/mol. The van der Waals surface area contributed by atoms with Gasteiger partial charge in [-0.3, -0.25) is 0 Å². The molecule has 2 saturated heterocycles. The number of hydrogen-bond acceptors (Lipinski definition) is 7. The van der Waals surface area contributed by atoms with Crippen LogP contribution in [0.3, 0.4) is 0 Å². The molecule has 7 nitrogen and oxygen atoms in total. The summed E-state index contributed by atoms with van der Waals surface area (Å²) in [6.07, 6.45) is 31.8. The molecule has 2 aromatic heterocycles. The van der Waals surface area contributed by atoms with E-state index in [-0.39, 0.29) is 24.4 Å². The Hall–Kier alpha value is -3.68. The van der Waals surface area contributed by atoms with E-state index in [4.69, 9.17) is 34.1 Å². The van der Waals surface area contributed by atoms with Gasteiger partial charge in [0, 0.05) is 24.0 Å². The molecule has 2 aliphatic carbocycles. The highest BCUT2D eigenvalue weighted by Crippen LogP contribution is 2.41. The number of nitrogens with zero attached hydrogens (tertiary/aromatic N) is 4. The fourth-order valence-corrected chi connectivity index (χ4v) is 10.6. The lowest BCUT2D eigenvalue weighted by Crippen LogP contribution is -2.13. The van der Waals surface area contributed by atoms with Crippen molar-refractivity contribution in [2.75, 3.05) is 0 Å². The zero-order chi connectivity index (χ0) is 42.0. The van der Waals surface area contributed by atoms with Gasteiger partial charge in [0.25, 0.3) is 0 Å². The molecule has 2 aliphatic heterocycles. The first-order chi connectivity index (χ1) is 30.0. The zero-order valence-corrected chi connectivity index (χ0v) is 38.0. The van der Waals surface area contributed by atoms with Crippen LogP contribution in [0.15, 0.2) is 60.9 Å². The van der Waals surface area contributed by atoms with E-state index in [2.05, 4.69) is 76.2 Å². The van der Waals surface area contributed by atoms with Crippen LogP contribution < -0.4 is 4.74 Å². The monoisotopic (exact) mass is 827 g/mol.